The number of piperazine rings is 1. The zero-order chi connectivity index (χ0) is 17.6. The zero-order valence-corrected chi connectivity index (χ0v) is 15.3. The predicted molar refractivity (Wildman–Crippen MR) is 95.7 cm³/mol. The van der Waals surface area contributed by atoms with E-state index in [1.807, 2.05) is 13.8 Å². The van der Waals surface area contributed by atoms with Gasteiger partial charge in [-0.3, -0.25) is 9.59 Å². The minimum atomic E-state index is -0.0964. The van der Waals surface area contributed by atoms with Crippen LogP contribution in [0.15, 0.2) is 18.2 Å². The monoisotopic (exact) mass is 367 g/mol. The van der Waals surface area contributed by atoms with Gasteiger partial charge in [-0.05, 0) is 32.0 Å². The molecule has 1 aromatic carbocycles. The van der Waals surface area contributed by atoms with Crippen molar-refractivity contribution >= 4 is 45.9 Å². The summed E-state index contributed by atoms with van der Waals surface area (Å²) in [7, 11) is 0. The lowest BCUT2D eigenvalue weighted by molar-refractivity contribution is -0.134. The van der Waals surface area contributed by atoms with E-state index in [0.29, 0.717) is 28.8 Å². The smallest absolute Gasteiger partial charge is 0.270 e. The SMILES string of the molecule is CC(=O)N1C[C@@H](C)N(C(=O)c2cc3c(Cl)c(Cl)ccc3[nH]2)C[C@H]1C. The molecule has 1 saturated heterocycles. The summed E-state index contributed by atoms with van der Waals surface area (Å²) in [6.45, 7) is 6.50. The number of fused-ring (bicyclic) bond motifs is 1. The average Bonchev–Trinajstić information content (AvgIpc) is 2.97. The number of rotatable bonds is 1. The van der Waals surface area contributed by atoms with Crippen LogP contribution in [0.1, 0.15) is 31.3 Å². The molecule has 128 valence electrons. The Morgan fingerprint density at radius 1 is 1.12 bits per heavy atom. The molecule has 1 fully saturated rings. The first-order valence-corrected chi connectivity index (χ1v) is 8.60. The third kappa shape index (κ3) is 2.87. The Balaban J connectivity index is 1.89. The summed E-state index contributed by atoms with van der Waals surface area (Å²) in [6, 6.07) is 5.18. The number of aromatic nitrogens is 1. The molecule has 1 aliphatic heterocycles. The predicted octanol–water partition coefficient (Wildman–Crippen LogP) is 3.56. The lowest BCUT2D eigenvalue weighted by Gasteiger charge is -2.43. The summed E-state index contributed by atoms with van der Waals surface area (Å²) in [4.78, 5) is 31.3. The number of aromatic amines is 1. The fourth-order valence-corrected chi connectivity index (χ4v) is 3.64. The van der Waals surface area contributed by atoms with Crippen molar-refractivity contribution in [3.05, 3.63) is 33.9 Å². The molecule has 0 radical (unpaired) electrons. The number of H-pyrrole nitrogens is 1. The number of nitrogens with zero attached hydrogens (tertiary/aromatic N) is 2. The fraction of sp³-hybridized carbons (Fsp3) is 0.412. The van der Waals surface area contributed by atoms with E-state index in [0.717, 1.165) is 10.9 Å². The van der Waals surface area contributed by atoms with E-state index in [2.05, 4.69) is 4.98 Å². The van der Waals surface area contributed by atoms with E-state index in [1.54, 1.807) is 34.9 Å². The number of hydrogen-bond donors (Lipinski definition) is 1. The average molecular weight is 368 g/mol. The molecule has 1 aliphatic rings. The Morgan fingerprint density at radius 2 is 1.75 bits per heavy atom. The van der Waals surface area contributed by atoms with Crippen molar-refractivity contribution < 1.29 is 9.59 Å². The van der Waals surface area contributed by atoms with Gasteiger partial charge in [0, 0.05) is 43.0 Å². The maximum Gasteiger partial charge on any atom is 0.270 e. The largest absolute Gasteiger partial charge is 0.350 e. The molecular weight excluding hydrogens is 349 g/mol. The first-order chi connectivity index (χ1) is 11.3. The van der Waals surface area contributed by atoms with Crippen LogP contribution < -0.4 is 0 Å². The summed E-state index contributed by atoms with van der Waals surface area (Å²) in [5.74, 6) is -0.0607. The highest BCUT2D eigenvalue weighted by molar-refractivity contribution is 6.45. The van der Waals surface area contributed by atoms with Crippen LogP contribution in [0.4, 0.5) is 0 Å². The van der Waals surface area contributed by atoms with Crippen LogP contribution in [0.25, 0.3) is 10.9 Å². The molecule has 5 nitrogen and oxygen atoms in total. The van der Waals surface area contributed by atoms with Crippen molar-refractivity contribution in [3.8, 4) is 0 Å². The molecule has 0 aliphatic carbocycles. The van der Waals surface area contributed by atoms with Crippen molar-refractivity contribution in [1.29, 1.82) is 0 Å². The van der Waals surface area contributed by atoms with Gasteiger partial charge in [0.25, 0.3) is 5.91 Å². The first-order valence-electron chi connectivity index (χ1n) is 7.84. The standard InChI is InChI=1S/C17H19Cl2N3O2/c1-9-8-22(10(2)7-21(9)11(3)23)17(24)15-6-12-14(20-15)5-4-13(18)16(12)19/h4-6,9-10,20H,7-8H2,1-3H3/t9-,10-/m1/s1. The van der Waals surface area contributed by atoms with Gasteiger partial charge < -0.3 is 14.8 Å². The molecule has 2 heterocycles. The quantitative estimate of drug-likeness (QED) is 0.837. The lowest BCUT2D eigenvalue weighted by Crippen LogP contribution is -2.59. The molecule has 3 rings (SSSR count). The molecule has 1 N–H and O–H groups in total. The number of carbonyl (C=O) groups is 2. The van der Waals surface area contributed by atoms with Crippen LogP contribution in [-0.4, -0.2) is 51.8 Å². The number of benzene rings is 1. The van der Waals surface area contributed by atoms with Gasteiger partial charge in [0.05, 0.1) is 10.0 Å². The summed E-state index contributed by atoms with van der Waals surface area (Å²) >= 11 is 12.2. The highest BCUT2D eigenvalue weighted by atomic mass is 35.5. The van der Waals surface area contributed by atoms with Gasteiger partial charge in [-0.15, -0.1) is 0 Å². The molecular formula is C17H19Cl2N3O2. The van der Waals surface area contributed by atoms with E-state index in [1.165, 1.54) is 0 Å². The Hall–Kier alpha value is -1.72. The number of halogens is 2. The Kier molecular flexibility index (Phi) is 4.49. The number of carbonyl (C=O) groups excluding carboxylic acids is 2. The van der Waals surface area contributed by atoms with Crippen LogP contribution >= 0.6 is 23.2 Å². The Labute approximate surface area is 150 Å². The molecule has 2 amide bonds. The van der Waals surface area contributed by atoms with Gasteiger partial charge >= 0.3 is 0 Å². The number of nitrogens with one attached hydrogen (secondary N) is 1. The van der Waals surface area contributed by atoms with Crippen LogP contribution in [0, 0.1) is 0 Å². The highest BCUT2D eigenvalue weighted by Gasteiger charge is 2.34. The molecule has 2 atom stereocenters. The van der Waals surface area contributed by atoms with E-state index in [-0.39, 0.29) is 23.9 Å². The van der Waals surface area contributed by atoms with E-state index in [9.17, 15) is 9.59 Å². The van der Waals surface area contributed by atoms with E-state index < -0.39 is 0 Å². The fourth-order valence-electron chi connectivity index (χ4n) is 3.26. The lowest BCUT2D eigenvalue weighted by atomic mass is 10.1. The Morgan fingerprint density at radius 3 is 2.42 bits per heavy atom. The first kappa shape index (κ1) is 17.1. The van der Waals surface area contributed by atoms with Gasteiger partial charge in [0.15, 0.2) is 0 Å². The minimum absolute atomic E-state index is 0.00920. The summed E-state index contributed by atoms with van der Waals surface area (Å²) < 4.78 is 0. The van der Waals surface area contributed by atoms with Crippen LogP contribution in [0.3, 0.4) is 0 Å². The van der Waals surface area contributed by atoms with Crippen LogP contribution in [-0.2, 0) is 4.79 Å². The van der Waals surface area contributed by atoms with Crippen molar-refractivity contribution in [2.75, 3.05) is 13.1 Å². The minimum Gasteiger partial charge on any atom is -0.350 e. The van der Waals surface area contributed by atoms with E-state index in [4.69, 9.17) is 23.2 Å². The molecule has 0 bridgehead atoms. The van der Waals surface area contributed by atoms with Crippen LogP contribution in [0.5, 0.6) is 0 Å². The maximum atomic E-state index is 12.9. The molecule has 2 aromatic rings. The highest BCUT2D eigenvalue weighted by Crippen LogP contribution is 2.31. The second-order valence-electron chi connectivity index (χ2n) is 6.33. The van der Waals surface area contributed by atoms with E-state index >= 15 is 0 Å². The zero-order valence-electron chi connectivity index (χ0n) is 13.8. The molecule has 24 heavy (non-hydrogen) atoms. The van der Waals surface area contributed by atoms with Crippen LogP contribution in [0.2, 0.25) is 10.0 Å². The van der Waals surface area contributed by atoms with Crippen molar-refractivity contribution in [3.63, 3.8) is 0 Å². The maximum absolute atomic E-state index is 12.9. The molecule has 7 heteroatoms. The van der Waals surface area contributed by atoms with Gasteiger partial charge in [-0.25, -0.2) is 0 Å². The normalized spacial score (nSPS) is 21.4. The molecule has 0 unspecified atom stereocenters. The topological polar surface area (TPSA) is 56.4 Å². The van der Waals surface area contributed by atoms with Crippen molar-refractivity contribution in [2.24, 2.45) is 0 Å². The molecule has 0 spiro atoms. The van der Waals surface area contributed by atoms with Gasteiger partial charge in [0.1, 0.15) is 5.69 Å². The third-order valence-corrected chi connectivity index (χ3v) is 5.39. The van der Waals surface area contributed by atoms with Crippen molar-refractivity contribution in [2.45, 2.75) is 32.9 Å². The van der Waals surface area contributed by atoms with Gasteiger partial charge in [-0.2, -0.15) is 0 Å². The summed E-state index contributed by atoms with van der Waals surface area (Å²) in [6.07, 6.45) is 0. The second kappa shape index (κ2) is 6.30. The van der Waals surface area contributed by atoms with Gasteiger partial charge in [-0.1, -0.05) is 23.2 Å². The van der Waals surface area contributed by atoms with Crippen molar-refractivity contribution in [1.82, 2.24) is 14.8 Å². The summed E-state index contributed by atoms with van der Waals surface area (Å²) in [5, 5.41) is 1.63. The number of amides is 2. The second-order valence-corrected chi connectivity index (χ2v) is 7.12. The number of hydrogen-bond acceptors (Lipinski definition) is 2. The summed E-state index contributed by atoms with van der Waals surface area (Å²) in [5.41, 5.74) is 1.25. The Bertz CT molecular complexity index is 818. The van der Waals surface area contributed by atoms with Gasteiger partial charge in [0.2, 0.25) is 5.91 Å². The molecule has 1 aromatic heterocycles. The third-order valence-electron chi connectivity index (χ3n) is 4.57. The molecule has 0 saturated carbocycles.